The molecular formula is C15H14N2O5. The van der Waals surface area contributed by atoms with Crippen molar-refractivity contribution in [1.82, 2.24) is 0 Å². The highest BCUT2D eigenvalue weighted by Crippen LogP contribution is 2.48. The monoisotopic (exact) mass is 302 g/mol. The first-order valence-electron chi connectivity index (χ1n) is 6.94. The van der Waals surface area contributed by atoms with Crippen molar-refractivity contribution in [2.75, 3.05) is 5.32 Å². The van der Waals surface area contributed by atoms with Crippen LogP contribution in [-0.2, 0) is 9.59 Å². The molecule has 2 aliphatic rings. The number of non-ortho nitro benzene ring substituents is 1. The number of fused-ring (bicyclic) bond motifs is 2. The number of aliphatic carboxylic acids is 1. The van der Waals surface area contributed by atoms with Gasteiger partial charge in [0.15, 0.2) is 0 Å². The molecule has 0 aliphatic heterocycles. The number of allylic oxidation sites excluding steroid dienone is 2. The summed E-state index contributed by atoms with van der Waals surface area (Å²) in [7, 11) is 0. The minimum absolute atomic E-state index is 0.0789. The fourth-order valence-corrected chi connectivity index (χ4v) is 3.44. The van der Waals surface area contributed by atoms with Gasteiger partial charge in [0, 0.05) is 17.8 Å². The number of carbonyl (C=O) groups is 2. The molecule has 1 aromatic rings. The number of nitro benzene ring substituents is 1. The molecule has 0 heterocycles. The van der Waals surface area contributed by atoms with Gasteiger partial charge in [-0.25, -0.2) is 0 Å². The van der Waals surface area contributed by atoms with Gasteiger partial charge in [-0.05, 0) is 24.3 Å². The Balaban J connectivity index is 1.80. The van der Waals surface area contributed by atoms with E-state index in [1.165, 1.54) is 18.2 Å². The van der Waals surface area contributed by atoms with Gasteiger partial charge in [0.05, 0.1) is 16.8 Å². The summed E-state index contributed by atoms with van der Waals surface area (Å²) in [5.41, 5.74) is 0.176. The van der Waals surface area contributed by atoms with E-state index >= 15 is 0 Å². The van der Waals surface area contributed by atoms with Crippen LogP contribution in [0.2, 0.25) is 0 Å². The maximum absolute atomic E-state index is 12.4. The van der Waals surface area contributed by atoms with Crippen LogP contribution in [0.15, 0.2) is 36.4 Å². The molecule has 0 radical (unpaired) electrons. The first-order valence-corrected chi connectivity index (χ1v) is 6.94. The van der Waals surface area contributed by atoms with Crippen LogP contribution in [-0.4, -0.2) is 21.9 Å². The summed E-state index contributed by atoms with van der Waals surface area (Å²) in [5, 5.41) is 22.7. The number of nitrogens with zero attached hydrogens (tertiary/aromatic N) is 1. The number of anilines is 1. The third-order valence-corrected chi connectivity index (χ3v) is 4.37. The van der Waals surface area contributed by atoms with E-state index in [9.17, 15) is 24.8 Å². The summed E-state index contributed by atoms with van der Waals surface area (Å²) in [6.45, 7) is 0. The molecule has 4 atom stereocenters. The smallest absolute Gasteiger partial charge is 0.307 e. The molecule has 7 nitrogen and oxygen atoms in total. The Labute approximate surface area is 125 Å². The van der Waals surface area contributed by atoms with Crippen LogP contribution in [0.3, 0.4) is 0 Å². The first-order chi connectivity index (χ1) is 10.5. The average molecular weight is 302 g/mol. The molecule has 114 valence electrons. The molecular weight excluding hydrogens is 288 g/mol. The number of nitro groups is 1. The van der Waals surface area contributed by atoms with Crippen LogP contribution < -0.4 is 5.32 Å². The topological polar surface area (TPSA) is 110 Å². The Hall–Kier alpha value is -2.70. The molecule has 2 aliphatic carbocycles. The standard InChI is InChI=1S/C15H14N2O5/c18-14(16-10-2-1-3-11(7-10)17(21)22)12-8-4-5-9(6-8)13(12)15(19)20/h1-5,7-9,12-13H,6H2,(H,16,18)(H,19,20)/t8-,9-,12-,13+/m1/s1. The molecule has 22 heavy (non-hydrogen) atoms. The van der Waals surface area contributed by atoms with Gasteiger partial charge in [0.1, 0.15) is 0 Å². The van der Waals surface area contributed by atoms with Crippen molar-refractivity contribution in [3.63, 3.8) is 0 Å². The number of nitrogens with one attached hydrogen (secondary N) is 1. The van der Waals surface area contributed by atoms with Gasteiger partial charge in [0.2, 0.25) is 5.91 Å². The van der Waals surface area contributed by atoms with E-state index in [1.54, 1.807) is 6.07 Å². The molecule has 2 N–H and O–H groups in total. The van der Waals surface area contributed by atoms with E-state index in [0.717, 1.165) is 0 Å². The van der Waals surface area contributed by atoms with E-state index in [0.29, 0.717) is 12.1 Å². The van der Waals surface area contributed by atoms with Gasteiger partial charge in [-0.15, -0.1) is 0 Å². The zero-order valence-electron chi connectivity index (χ0n) is 11.5. The highest BCUT2D eigenvalue weighted by atomic mass is 16.6. The Morgan fingerprint density at radius 3 is 2.55 bits per heavy atom. The van der Waals surface area contributed by atoms with Crippen LogP contribution in [0.25, 0.3) is 0 Å². The van der Waals surface area contributed by atoms with Gasteiger partial charge in [0.25, 0.3) is 5.69 Å². The first kappa shape index (κ1) is 14.2. The second-order valence-corrected chi connectivity index (χ2v) is 5.63. The number of carboxylic acids is 1. The molecule has 1 amide bonds. The van der Waals surface area contributed by atoms with Crippen molar-refractivity contribution in [3.05, 3.63) is 46.5 Å². The normalized spacial score (nSPS) is 28.5. The molecule has 7 heteroatoms. The van der Waals surface area contributed by atoms with E-state index in [1.807, 2.05) is 12.2 Å². The predicted octanol–water partition coefficient (Wildman–Crippen LogP) is 2.06. The molecule has 0 unspecified atom stereocenters. The van der Waals surface area contributed by atoms with E-state index in [2.05, 4.69) is 5.32 Å². The molecule has 1 fully saturated rings. The molecule has 0 aromatic heterocycles. The number of carboxylic acid groups (broad SMARTS) is 1. The fraction of sp³-hybridized carbons (Fsp3) is 0.333. The molecule has 1 saturated carbocycles. The number of rotatable bonds is 4. The average Bonchev–Trinajstić information content (AvgIpc) is 3.07. The van der Waals surface area contributed by atoms with Crippen LogP contribution in [0, 0.1) is 33.8 Å². The Morgan fingerprint density at radius 2 is 1.91 bits per heavy atom. The number of hydrogen-bond donors (Lipinski definition) is 2. The minimum atomic E-state index is -0.976. The lowest BCUT2D eigenvalue weighted by molar-refractivity contribution is -0.384. The third-order valence-electron chi connectivity index (χ3n) is 4.37. The number of carbonyl (C=O) groups excluding carboxylic acids is 1. The van der Waals surface area contributed by atoms with E-state index in [4.69, 9.17) is 0 Å². The highest BCUT2D eigenvalue weighted by Gasteiger charge is 2.51. The van der Waals surface area contributed by atoms with Crippen LogP contribution >= 0.6 is 0 Å². The third kappa shape index (κ3) is 2.34. The zero-order chi connectivity index (χ0) is 15.9. The lowest BCUT2D eigenvalue weighted by Crippen LogP contribution is -2.36. The molecule has 3 rings (SSSR count). The second-order valence-electron chi connectivity index (χ2n) is 5.63. The largest absolute Gasteiger partial charge is 0.481 e. The summed E-state index contributed by atoms with van der Waals surface area (Å²) in [4.78, 5) is 34.0. The summed E-state index contributed by atoms with van der Waals surface area (Å²) in [6.07, 6.45) is 4.42. The molecule has 2 bridgehead atoms. The van der Waals surface area contributed by atoms with Crippen LogP contribution in [0.1, 0.15) is 6.42 Å². The molecule has 1 aromatic carbocycles. The van der Waals surface area contributed by atoms with Gasteiger partial charge in [-0.3, -0.25) is 19.7 Å². The summed E-state index contributed by atoms with van der Waals surface area (Å²) >= 11 is 0. The van der Waals surface area contributed by atoms with Gasteiger partial charge in [-0.2, -0.15) is 0 Å². The maximum Gasteiger partial charge on any atom is 0.307 e. The number of hydrogen-bond acceptors (Lipinski definition) is 4. The zero-order valence-corrected chi connectivity index (χ0v) is 11.5. The Bertz CT molecular complexity index is 684. The quantitative estimate of drug-likeness (QED) is 0.502. The van der Waals surface area contributed by atoms with Crippen molar-refractivity contribution in [3.8, 4) is 0 Å². The van der Waals surface area contributed by atoms with E-state index in [-0.39, 0.29) is 17.5 Å². The molecule has 0 spiro atoms. The van der Waals surface area contributed by atoms with Crippen molar-refractivity contribution in [2.45, 2.75) is 6.42 Å². The van der Waals surface area contributed by atoms with Gasteiger partial charge >= 0.3 is 5.97 Å². The SMILES string of the molecule is O=C(O)[C@@H]1[C@H](C(=O)Nc2cccc([N+](=O)[O-])c2)[C@@H]2C=C[C@@H]1C2. The fourth-order valence-electron chi connectivity index (χ4n) is 3.44. The summed E-state index contributed by atoms with van der Waals surface area (Å²) < 4.78 is 0. The number of amides is 1. The summed E-state index contributed by atoms with van der Waals surface area (Å²) in [5.74, 6) is -2.92. The minimum Gasteiger partial charge on any atom is -0.481 e. The summed E-state index contributed by atoms with van der Waals surface area (Å²) in [6, 6.07) is 5.61. The maximum atomic E-state index is 12.4. The van der Waals surface area contributed by atoms with Crippen molar-refractivity contribution in [2.24, 2.45) is 23.7 Å². The van der Waals surface area contributed by atoms with Gasteiger partial charge < -0.3 is 10.4 Å². The Morgan fingerprint density at radius 1 is 1.23 bits per heavy atom. The van der Waals surface area contributed by atoms with Crippen LogP contribution in [0.5, 0.6) is 0 Å². The lowest BCUT2D eigenvalue weighted by atomic mass is 9.82. The van der Waals surface area contributed by atoms with Crippen molar-refractivity contribution in [1.29, 1.82) is 0 Å². The van der Waals surface area contributed by atoms with Crippen LogP contribution in [0.4, 0.5) is 11.4 Å². The molecule has 0 saturated heterocycles. The Kier molecular flexibility index (Phi) is 3.40. The highest BCUT2D eigenvalue weighted by molar-refractivity contribution is 5.96. The second kappa shape index (κ2) is 5.25. The van der Waals surface area contributed by atoms with Crippen molar-refractivity contribution >= 4 is 23.3 Å². The van der Waals surface area contributed by atoms with Gasteiger partial charge in [-0.1, -0.05) is 18.2 Å². The number of benzene rings is 1. The van der Waals surface area contributed by atoms with Crippen molar-refractivity contribution < 1.29 is 19.6 Å². The lowest BCUT2D eigenvalue weighted by Gasteiger charge is -2.23. The predicted molar refractivity (Wildman–Crippen MR) is 77.1 cm³/mol. The van der Waals surface area contributed by atoms with E-state index < -0.39 is 28.6 Å².